The molecule has 0 aliphatic carbocycles. The number of nitrogens with one attached hydrogen (secondary N) is 1. The summed E-state index contributed by atoms with van der Waals surface area (Å²) in [7, 11) is -3.30. The largest absolute Gasteiger partial charge is 0.392 e. The van der Waals surface area contributed by atoms with Crippen LogP contribution in [-0.2, 0) is 22.4 Å². The van der Waals surface area contributed by atoms with E-state index >= 15 is 0 Å². The van der Waals surface area contributed by atoms with Crippen LogP contribution in [0.3, 0.4) is 0 Å². The van der Waals surface area contributed by atoms with Gasteiger partial charge < -0.3 is 5.11 Å². The molecular formula is C13H19NO3S2. The van der Waals surface area contributed by atoms with Crippen LogP contribution in [0.5, 0.6) is 0 Å². The van der Waals surface area contributed by atoms with Gasteiger partial charge in [-0.15, -0.1) is 0 Å². The third kappa shape index (κ3) is 4.80. The minimum atomic E-state index is -3.30. The van der Waals surface area contributed by atoms with E-state index < -0.39 is 10.0 Å². The number of thioether (sulfide) groups is 1. The van der Waals surface area contributed by atoms with Gasteiger partial charge in [0.1, 0.15) is 0 Å². The van der Waals surface area contributed by atoms with Gasteiger partial charge >= 0.3 is 0 Å². The van der Waals surface area contributed by atoms with Crippen LogP contribution in [-0.4, -0.2) is 31.1 Å². The molecule has 19 heavy (non-hydrogen) atoms. The topological polar surface area (TPSA) is 66.4 Å². The summed E-state index contributed by atoms with van der Waals surface area (Å²) in [4.78, 5) is 0. The van der Waals surface area contributed by atoms with E-state index in [0.717, 1.165) is 29.9 Å². The molecule has 2 N–H and O–H groups in total. The Morgan fingerprint density at radius 3 is 2.63 bits per heavy atom. The standard InChI is InChI=1S/C13H19NO3S2/c15-9-11-2-1-3-12(8-11)10-19(16,17)14-13-4-6-18-7-5-13/h1-3,8,13-15H,4-7,9-10H2. The zero-order chi connectivity index (χ0) is 13.7. The number of hydrogen-bond acceptors (Lipinski definition) is 4. The molecule has 6 heteroatoms. The molecule has 1 heterocycles. The number of hydrogen-bond donors (Lipinski definition) is 2. The van der Waals surface area contributed by atoms with Gasteiger partial charge in [-0.25, -0.2) is 13.1 Å². The van der Waals surface area contributed by atoms with E-state index in [0.29, 0.717) is 5.56 Å². The molecule has 0 radical (unpaired) electrons. The monoisotopic (exact) mass is 301 g/mol. The zero-order valence-electron chi connectivity index (χ0n) is 10.7. The highest BCUT2D eigenvalue weighted by molar-refractivity contribution is 7.99. The first-order chi connectivity index (χ1) is 9.09. The molecular weight excluding hydrogens is 282 g/mol. The summed E-state index contributed by atoms with van der Waals surface area (Å²) in [5.41, 5.74) is 1.45. The average Bonchev–Trinajstić information content (AvgIpc) is 2.39. The van der Waals surface area contributed by atoms with Crippen LogP contribution in [0.1, 0.15) is 24.0 Å². The van der Waals surface area contributed by atoms with Gasteiger partial charge in [-0.3, -0.25) is 0 Å². The Kier molecular flexibility index (Phi) is 5.27. The fraction of sp³-hybridized carbons (Fsp3) is 0.538. The third-order valence-corrected chi connectivity index (χ3v) is 5.55. The number of benzene rings is 1. The Balaban J connectivity index is 1.99. The van der Waals surface area contributed by atoms with Crippen molar-refractivity contribution in [1.82, 2.24) is 4.72 Å². The molecule has 0 unspecified atom stereocenters. The van der Waals surface area contributed by atoms with Crippen molar-refractivity contribution in [3.8, 4) is 0 Å². The molecule has 106 valence electrons. The molecule has 1 fully saturated rings. The first kappa shape index (κ1) is 14.8. The van der Waals surface area contributed by atoms with E-state index in [1.807, 2.05) is 11.8 Å². The molecule has 0 aromatic heterocycles. The van der Waals surface area contributed by atoms with Gasteiger partial charge in [-0.05, 0) is 35.5 Å². The van der Waals surface area contributed by atoms with Gasteiger partial charge in [0.25, 0.3) is 0 Å². The van der Waals surface area contributed by atoms with Crippen molar-refractivity contribution in [1.29, 1.82) is 0 Å². The zero-order valence-corrected chi connectivity index (χ0v) is 12.3. The van der Waals surface area contributed by atoms with E-state index in [2.05, 4.69) is 4.72 Å². The van der Waals surface area contributed by atoms with E-state index in [-0.39, 0.29) is 18.4 Å². The van der Waals surface area contributed by atoms with Crippen LogP contribution in [0.4, 0.5) is 0 Å². The van der Waals surface area contributed by atoms with Gasteiger partial charge in [0.2, 0.25) is 10.0 Å². The summed E-state index contributed by atoms with van der Waals surface area (Å²) in [6, 6.07) is 7.13. The molecule has 0 saturated carbocycles. The number of aliphatic hydroxyl groups is 1. The Labute approximate surface area is 118 Å². The van der Waals surface area contributed by atoms with Crippen LogP contribution >= 0.6 is 11.8 Å². The summed E-state index contributed by atoms with van der Waals surface area (Å²) >= 11 is 1.87. The SMILES string of the molecule is O=S(=O)(Cc1cccc(CO)c1)NC1CCSCC1. The Bertz CT molecular complexity index is 510. The normalized spacial score (nSPS) is 17.5. The summed E-state index contributed by atoms with van der Waals surface area (Å²) in [6.45, 7) is -0.0683. The summed E-state index contributed by atoms with van der Waals surface area (Å²) in [6.07, 6.45) is 1.81. The molecule has 4 nitrogen and oxygen atoms in total. The fourth-order valence-electron chi connectivity index (χ4n) is 2.15. The molecule has 1 aliphatic rings. The highest BCUT2D eigenvalue weighted by Gasteiger charge is 2.20. The number of rotatable bonds is 5. The summed E-state index contributed by atoms with van der Waals surface area (Å²) in [5.74, 6) is 2.02. The molecule has 1 saturated heterocycles. The Hall–Kier alpha value is -0.560. The van der Waals surface area contributed by atoms with Crippen molar-refractivity contribution in [3.05, 3.63) is 35.4 Å². The predicted octanol–water partition coefficient (Wildman–Crippen LogP) is 1.49. The van der Waals surface area contributed by atoms with E-state index in [9.17, 15) is 8.42 Å². The minimum absolute atomic E-state index is 0.0233. The highest BCUT2D eigenvalue weighted by atomic mass is 32.2. The highest BCUT2D eigenvalue weighted by Crippen LogP contribution is 2.18. The van der Waals surface area contributed by atoms with Crippen LogP contribution < -0.4 is 4.72 Å². The first-order valence-corrected chi connectivity index (χ1v) is 9.16. The smallest absolute Gasteiger partial charge is 0.216 e. The second-order valence-corrected chi connectivity index (χ2v) is 7.72. The van der Waals surface area contributed by atoms with Gasteiger partial charge in [0.05, 0.1) is 12.4 Å². The lowest BCUT2D eigenvalue weighted by atomic mass is 10.1. The minimum Gasteiger partial charge on any atom is -0.392 e. The molecule has 0 spiro atoms. The van der Waals surface area contributed by atoms with Gasteiger partial charge in [0.15, 0.2) is 0 Å². The van der Waals surface area contributed by atoms with Crippen molar-refractivity contribution in [2.24, 2.45) is 0 Å². The molecule has 2 rings (SSSR count). The average molecular weight is 301 g/mol. The van der Waals surface area contributed by atoms with Gasteiger partial charge in [-0.1, -0.05) is 24.3 Å². The van der Waals surface area contributed by atoms with Crippen molar-refractivity contribution in [2.45, 2.75) is 31.2 Å². The lowest BCUT2D eigenvalue weighted by Gasteiger charge is -2.22. The molecule has 1 aliphatic heterocycles. The second kappa shape index (κ2) is 6.74. The molecule has 1 aromatic carbocycles. The molecule has 0 amide bonds. The van der Waals surface area contributed by atoms with Gasteiger partial charge in [-0.2, -0.15) is 11.8 Å². The van der Waals surface area contributed by atoms with Gasteiger partial charge in [0, 0.05) is 6.04 Å². The predicted molar refractivity (Wildman–Crippen MR) is 78.5 cm³/mol. The fourth-order valence-corrected chi connectivity index (χ4v) is 4.70. The second-order valence-electron chi connectivity index (χ2n) is 4.74. The quantitative estimate of drug-likeness (QED) is 0.865. The van der Waals surface area contributed by atoms with Crippen LogP contribution in [0.15, 0.2) is 24.3 Å². The van der Waals surface area contributed by atoms with Crippen molar-refractivity contribution < 1.29 is 13.5 Å². The first-order valence-electron chi connectivity index (χ1n) is 6.35. The van der Waals surface area contributed by atoms with Crippen molar-refractivity contribution in [3.63, 3.8) is 0 Å². The van der Waals surface area contributed by atoms with Crippen molar-refractivity contribution >= 4 is 21.8 Å². The van der Waals surface area contributed by atoms with E-state index in [1.54, 1.807) is 24.3 Å². The summed E-state index contributed by atoms with van der Waals surface area (Å²) in [5, 5.41) is 9.05. The lowest BCUT2D eigenvalue weighted by Crippen LogP contribution is -2.37. The number of aliphatic hydroxyl groups excluding tert-OH is 1. The Morgan fingerprint density at radius 1 is 1.26 bits per heavy atom. The van der Waals surface area contributed by atoms with Crippen LogP contribution in [0, 0.1) is 0 Å². The lowest BCUT2D eigenvalue weighted by molar-refractivity contribution is 0.282. The summed E-state index contributed by atoms with van der Waals surface area (Å²) < 4.78 is 27.0. The molecule has 1 aromatic rings. The van der Waals surface area contributed by atoms with E-state index in [1.165, 1.54) is 0 Å². The number of sulfonamides is 1. The Morgan fingerprint density at radius 2 is 1.95 bits per heavy atom. The van der Waals surface area contributed by atoms with E-state index in [4.69, 9.17) is 5.11 Å². The maximum atomic E-state index is 12.1. The van der Waals surface area contributed by atoms with Crippen LogP contribution in [0.2, 0.25) is 0 Å². The maximum Gasteiger partial charge on any atom is 0.216 e. The van der Waals surface area contributed by atoms with Crippen molar-refractivity contribution in [2.75, 3.05) is 11.5 Å². The molecule has 0 atom stereocenters. The van der Waals surface area contributed by atoms with Crippen LogP contribution in [0.25, 0.3) is 0 Å². The maximum absolute atomic E-state index is 12.1. The molecule has 0 bridgehead atoms. The third-order valence-electron chi connectivity index (χ3n) is 3.10.